The lowest BCUT2D eigenvalue weighted by molar-refractivity contribution is 0.0994. The molecule has 0 radical (unpaired) electrons. The van der Waals surface area contributed by atoms with Gasteiger partial charge in [0.05, 0.1) is 11.4 Å². The Morgan fingerprint density at radius 2 is 1.83 bits per heavy atom. The highest BCUT2D eigenvalue weighted by Gasteiger charge is 2.28. The average molecular weight is 387 g/mol. The Morgan fingerprint density at radius 3 is 2.62 bits per heavy atom. The van der Waals surface area contributed by atoms with Crippen molar-refractivity contribution in [2.24, 2.45) is 5.10 Å². The van der Waals surface area contributed by atoms with Crippen LogP contribution in [-0.2, 0) is 12.8 Å². The van der Waals surface area contributed by atoms with Crippen molar-refractivity contribution in [2.45, 2.75) is 39.5 Å². The molecule has 0 saturated carbocycles. The van der Waals surface area contributed by atoms with Crippen molar-refractivity contribution in [3.05, 3.63) is 82.8 Å². The predicted octanol–water partition coefficient (Wildman–Crippen LogP) is 5.56. The molecule has 29 heavy (non-hydrogen) atoms. The van der Waals surface area contributed by atoms with Crippen molar-refractivity contribution in [1.82, 2.24) is 0 Å². The molecule has 0 aliphatic heterocycles. The van der Waals surface area contributed by atoms with Gasteiger partial charge < -0.3 is 9.73 Å². The third kappa shape index (κ3) is 3.94. The van der Waals surface area contributed by atoms with Crippen molar-refractivity contribution in [3.63, 3.8) is 0 Å². The van der Waals surface area contributed by atoms with E-state index in [1.165, 1.54) is 0 Å². The molecular weight excluding hydrogens is 362 g/mol. The number of amides is 1. The van der Waals surface area contributed by atoms with Gasteiger partial charge in [0.2, 0.25) is 0 Å². The van der Waals surface area contributed by atoms with Crippen LogP contribution in [-0.4, -0.2) is 11.6 Å². The van der Waals surface area contributed by atoms with Crippen LogP contribution in [0.25, 0.3) is 0 Å². The minimum atomic E-state index is -0.215. The number of rotatable bonds is 5. The molecule has 1 aliphatic carbocycles. The first-order valence-electron chi connectivity index (χ1n) is 10.1. The number of aryl methyl sites for hydroxylation is 2. The van der Waals surface area contributed by atoms with Gasteiger partial charge in [-0.25, -0.2) is 0 Å². The quantitative estimate of drug-likeness (QED) is 0.564. The zero-order valence-electron chi connectivity index (χ0n) is 16.8. The summed E-state index contributed by atoms with van der Waals surface area (Å²) in [5, 5.41) is 7.63. The summed E-state index contributed by atoms with van der Waals surface area (Å²) in [6.45, 7) is 4.01. The van der Waals surface area contributed by atoms with Crippen molar-refractivity contribution < 1.29 is 9.21 Å². The summed E-state index contributed by atoms with van der Waals surface area (Å²) in [6, 6.07) is 17.7. The van der Waals surface area contributed by atoms with E-state index in [1.54, 1.807) is 0 Å². The van der Waals surface area contributed by atoms with Gasteiger partial charge in [-0.2, -0.15) is 5.10 Å². The first-order valence-corrected chi connectivity index (χ1v) is 10.1. The summed E-state index contributed by atoms with van der Waals surface area (Å²) in [7, 11) is 0. The Labute approximate surface area is 170 Å². The molecule has 0 unspecified atom stereocenters. The molecule has 5 nitrogen and oxygen atoms in total. The molecule has 4 rings (SSSR count). The van der Waals surface area contributed by atoms with Crippen molar-refractivity contribution in [3.8, 4) is 0 Å². The van der Waals surface area contributed by atoms with E-state index in [9.17, 15) is 4.79 Å². The number of hydrogen-bond donors (Lipinski definition) is 2. The van der Waals surface area contributed by atoms with Gasteiger partial charge in [-0.3, -0.25) is 10.2 Å². The number of hydrogen-bond acceptors (Lipinski definition) is 4. The lowest BCUT2D eigenvalue weighted by Gasteiger charge is -2.13. The molecule has 0 atom stereocenters. The summed E-state index contributed by atoms with van der Waals surface area (Å²) >= 11 is 0. The third-order valence-corrected chi connectivity index (χ3v) is 5.27. The molecule has 1 amide bonds. The topological polar surface area (TPSA) is 66.6 Å². The number of anilines is 2. The second kappa shape index (κ2) is 8.35. The number of hydrazone groups is 1. The number of fused-ring (bicyclic) bond motifs is 1. The summed E-state index contributed by atoms with van der Waals surface area (Å²) in [5.41, 5.74) is 8.73. The molecule has 3 aromatic rings. The van der Waals surface area contributed by atoms with Gasteiger partial charge in [-0.1, -0.05) is 43.3 Å². The third-order valence-electron chi connectivity index (χ3n) is 5.27. The summed E-state index contributed by atoms with van der Waals surface area (Å²) in [4.78, 5) is 12.9. The van der Waals surface area contributed by atoms with Gasteiger partial charge in [0.15, 0.2) is 5.76 Å². The largest absolute Gasteiger partial charge is 0.455 e. The molecule has 0 spiro atoms. The lowest BCUT2D eigenvalue weighted by atomic mass is 9.93. The fourth-order valence-corrected chi connectivity index (χ4v) is 3.77. The molecule has 1 aromatic heterocycles. The van der Waals surface area contributed by atoms with Crippen LogP contribution >= 0.6 is 0 Å². The highest BCUT2D eigenvalue weighted by molar-refractivity contribution is 6.09. The van der Waals surface area contributed by atoms with Gasteiger partial charge in [0, 0.05) is 23.2 Å². The zero-order valence-corrected chi connectivity index (χ0v) is 16.8. The van der Waals surface area contributed by atoms with E-state index in [4.69, 9.17) is 4.42 Å². The Hall–Kier alpha value is -3.34. The fourth-order valence-electron chi connectivity index (χ4n) is 3.77. The number of nitrogens with zero attached hydrogens (tertiary/aromatic N) is 1. The van der Waals surface area contributed by atoms with E-state index in [1.807, 2.05) is 61.5 Å². The number of furan rings is 1. The van der Waals surface area contributed by atoms with Crippen molar-refractivity contribution in [2.75, 3.05) is 10.7 Å². The maximum atomic E-state index is 12.9. The van der Waals surface area contributed by atoms with Gasteiger partial charge in [-0.05, 0) is 49.9 Å². The van der Waals surface area contributed by atoms with Crippen LogP contribution in [0.15, 0.2) is 64.1 Å². The SMILES string of the molecule is CCc1ccccc1NC(=O)c1oc2c(c1C)/C(=N/Nc1ccccc1)CCC2. The lowest BCUT2D eigenvalue weighted by Crippen LogP contribution is -2.15. The summed E-state index contributed by atoms with van der Waals surface area (Å²) in [5.74, 6) is 1.000. The number of carbonyl (C=O) groups is 1. The van der Waals surface area contributed by atoms with Crippen LogP contribution in [0.3, 0.4) is 0 Å². The Kier molecular flexibility index (Phi) is 5.47. The van der Waals surface area contributed by atoms with Gasteiger partial charge >= 0.3 is 0 Å². The standard InChI is InChI=1S/C24H25N3O2/c1-3-17-10-7-8-13-19(17)25-24(28)23-16(2)22-20(14-9-15-21(22)29-23)27-26-18-11-5-4-6-12-18/h4-8,10-13,26H,3,9,14-15H2,1-2H3,(H,25,28)/b27-20+. The van der Waals surface area contributed by atoms with E-state index >= 15 is 0 Å². The van der Waals surface area contributed by atoms with Crippen LogP contribution < -0.4 is 10.7 Å². The van der Waals surface area contributed by atoms with E-state index in [0.29, 0.717) is 5.76 Å². The second-order valence-corrected chi connectivity index (χ2v) is 7.21. The normalized spacial score (nSPS) is 14.5. The molecule has 2 N–H and O–H groups in total. The monoisotopic (exact) mass is 387 g/mol. The van der Waals surface area contributed by atoms with Crippen LogP contribution in [0.2, 0.25) is 0 Å². The molecule has 1 heterocycles. The zero-order chi connectivity index (χ0) is 20.2. The first kappa shape index (κ1) is 19.0. The summed E-state index contributed by atoms with van der Waals surface area (Å²) in [6.07, 6.45) is 3.48. The number of benzene rings is 2. The molecule has 2 aromatic carbocycles. The predicted molar refractivity (Wildman–Crippen MR) is 117 cm³/mol. The molecule has 1 aliphatic rings. The Morgan fingerprint density at radius 1 is 1.07 bits per heavy atom. The first-order chi connectivity index (χ1) is 14.2. The minimum Gasteiger partial charge on any atom is -0.455 e. The molecule has 0 fully saturated rings. The molecule has 5 heteroatoms. The van der Waals surface area contributed by atoms with Gasteiger partial charge in [0.25, 0.3) is 5.91 Å². The maximum Gasteiger partial charge on any atom is 0.291 e. The van der Waals surface area contributed by atoms with E-state index in [0.717, 1.165) is 65.2 Å². The van der Waals surface area contributed by atoms with Gasteiger partial charge in [0.1, 0.15) is 5.76 Å². The van der Waals surface area contributed by atoms with E-state index in [2.05, 4.69) is 22.8 Å². The maximum absolute atomic E-state index is 12.9. The molecular formula is C24H25N3O2. The van der Waals surface area contributed by atoms with Crippen LogP contribution in [0.4, 0.5) is 11.4 Å². The Balaban J connectivity index is 1.61. The minimum absolute atomic E-state index is 0.215. The van der Waals surface area contributed by atoms with Crippen molar-refractivity contribution in [1.29, 1.82) is 0 Å². The molecule has 0 bridgehead atoms. The average Bonchev–Trinajstić information content (AvgIpc) is 3.11. The highest BCUT2D eigenvalue weighted by atomic mass is 16.4. The fraction of sp³-hybridized carbons (Fsp3) is 0.250. The van der Waals surface area contributed by atoms with Crippen molar-refractivity contribution >= 4 is 23.0 Å². The van der Waals surface area contributed by atoms with Crippen LogP contribution in [0.5, 0.6) is 0 Å². The summed E-state index contributed by atoms with van der Waals surface area (Å²) < 4.78 is 6.01. The Bertz CT molecular complexity index is 1050. The van der Waals surface area contributed by atoms with E-state index in [-0.39, 0.29) is 5.91 Å². The smallest absolute Gasteiger partial charge is 0.291 e. The number of carbonyl (C=O) groups excluding carboxylic acids is 1. The van der Waals surface area contributed by atoms with E-state index < -0.39 is 0 Å². The van der Waals surface area contributed by atoms with Gasteiger partial charge in [-0.15, -0.1) is 0 Å². The van der Waals surface area contributed by atoms with Crippen LogP contribution in [0.1, 0.15) is 52.8 Å². The number of nitrogens with one attached hydrogen (secondary N) is 2. The molecule has 148 valence electrons. The molecule has 0 saturated heterocycles. The van der Waals surface area contributed by atoms with Crippen LogP contribution in [0, 0.1) is 6.92 Å². The number of para-hydroxylation sites is 2. The highest BCUT2D eigenvalue weighted by Crippen LogP contribution is 2.31. The second-order valence-electron chi connectivity index (χ2n) is 7.21.